The average molecular weight is 320 g/mol. The summed E-state index contributed by atoms with van der Waals surface area (Å²) >= 11 is 5.91. The quantitative estimate of drug-likeness (QED) is 0.375. The molecule has 0 amide bonds. The number of nitrogens with zero attached hydrogens (tertiary/aromatic N) is 1. The summed E-state index contributed by atoms with van der Waals surface area (Å²) in [4.78, 5) is 0. The Morgan fingerprint density at radius 1 is 1.09 bits per heavy atom. The lowest BCUT2D eigenvalue weighted by Crippen LogP contribution is -2.11. The third kappa shape index (κ3) is 4.15. The van der Waals surface area contributed by atoms with Crippen molar-refractivity contribution in [2.45, 2.75) is 13.8 Å². The third-order valence-electron chi connectivity index (χ3n) is 3.16. The summed E-state index contributed by atoms with van der Waals surface area (Å²) in [6, 6.07) is 11.2. The summed E-state index contributed by atoms with van der Waals surface area (Å²) < 4.78 is 11.4. The molecular weight excluding hydrogens is 302 g/mol. The zero-order valence-electron chi connectivity index (χ0n) is 12.5. The molecule has 2 aromatic rings. The van der Waals surface area contributed by atoms with E-state index in [2.05, 4.69) is 5.16 Å². The molecule has 1 N–H and O–H groups in total. The van der Waals surface area contributed by atoms with E-state index < -0.39 is 0 Å². The normalized spacial score (nSPS) is 10.9. The summed E-state index contributed by atoms with van der Waals surface area (Å²) in [7, 11) is 0. The van der Waals surface area contributed by atoms with Crippen molar-refractivity contribution in [2.24, 2.45) is 5.16 Å². The summed E-state index contributed by atoms with van der Waals surface area (Å²) in [5.41, 5.74) is 2.81. The molecular formula is C17H18ClNO3. The molecule has 0 atom stereocenters. The largest absolute Gasteiger partial charge is 0.489 e. The molecule has 0 aliphatic carbocycles. The van der Waals surface area contributed by atoms with E-state index in [4.69, 9.17) is 26.3 Å². The Hall–Kier alpha value is -2.20. The lowest BCUT2D eigenvalue weighted by atomic mass is 10.1. The van der Waals surface area contributed by atoms with Crippen LogP contribution in [-0.4, -0.2) is 24.6 Å². The molecule has 5 heteroatoms. The van der Waals surface area contributed by atoms with Crippen molar-refractivity contribution in [1.29, 1.82) is 0 Å². The number of ether oxygens (including phenoxy) is 2. The van der Waals surface area contributed by atoms with Crippen LogP contribution in [0.2, 0.25) is 5.02 Å². The second-order valence-corrected chi connectivity index (χ2v) is 5.28. The first kappa shape index (κ1) is 16.2. The van der Waals surface area contributed by atoms with Gasteiger partial charge in [-0.1, -0.05) is 35.0 Å². The zero-order valence-corrected chi connectivity index (χ0v) is 13.3. The summed E-state index contributed by atoms with van der Waals surface area (Å²) in [6.45, 7) is 4.82. The fraction of sp³-hybridized carbons (Fsp3) is 0.235. The molecule has 0 aliphatic rings. The first-order valence-electron chi connectivity index (χ1n) is 6.90. The number of benzene rings is 2. The first-order valence-corrected chi connectivity index (χ1v) is 7.28. The minimum absolute atomic E-state index is 0.377. The number of hydrogen-bond donors (Lipinski definition) is 1. The van der Waals surface area contributed by atoms with Gasteiger partial charge in [-0.05, 0) is 43.2 Å². The van der Waals surface area contributed by atoms with Gasteiger partial charge in [0.15, 0.2) is 0 Å². The predicted molar refractivity (Wildman–Crippen MR) is 87.7 cm³/mol. The Bertz CT molecular complexity index is 651. The molecule has 0 radical (unpaired) electrons. The van der Waals surface area contributed by atoms with E-state index in [0.717, 1.165) is 16.9 Å². The molecule has 0 bridgehead atoms. The second-order valence-electron chi connectivity index (χ2n) is 4.84. The Labute approximate surface area is 134 Å². The third-order valence-corrected chi connectivity index (χ3v) is 3.40. The lowest BCUT2D eigenvalue weighted by molar-refractivity contribution is 0.215. The monoisotopic (exact) mass is 319 g/mol. The van der Waals surface area contributed by atoms with E-state index >= 15 is 0 Å². The lowest BCUT2D eigenvalue weighted by Gasteiger charge is -2.13. The van der Waals surface area contributed by atoms with E-state index in [1.54, 1.807) is 18.2 Å². The molecule has 4 nitrogen and oxygen atoms in total. The molecule has 2 aromatic carbocycles. The summed E-state index contributed by atoms with van der Waals surface area (Å²) in [6.07, 6.45) is 1.29. The Morgan fingerprint density at radius 3 is 2.45 bits per heavy atom. The van der Waals surface area contributed by atoms with Crippen LogP contribution >= 0.6 is 11.6 Å². The van der Waals surface area contributed by atoms with Crippen LogP contribution in [0.5, 0.6) is 11.5 Å². The van der Waals surface area contributed by atoms with Crippen LogP contribution in [0.15, 0.2) is 41.6 Å². The van der Waals surface area contributed by atoms with Gasteiger partial charge in [-0.15, -0.1) is 0 Å². The molecule has 22 heavy (non-hydrogen) atoms. The smallest absolute Gasteiger partial charge is 0.128 e. The summed E-state index contributed by atoms with van der Waals surface area (Å²) in [5.74, 6) is 1.48. The van der Waals surface area contributed by atoms with Crippen LogP contribution in [-0.2, 0) is 0 Å². The number of para-hydroxylation sites is 1. The van der Waals surface area contributed by atoms with Crippen LogP contribution in [0.1, 0.15) is 16.7 Å². The average Bonchev–Trinajstić information content (AvgIpc) is 2.48. The molecule has 0 unspecified atom stereocenters. The standard InChI is InChI=1S/C17H18ClNO3/c1-12-4-3-5-13(2)17(12)22-9-8-21-16-7-6-15(18)10-14(16)11-19-20/h3-7,10-11,20H,8-9H2,1-2H3. The van der Waals surface area contributed by atoms with Gasteiger partial charge in [0.05, 0.1) is 6.21 Å². The highest BCUT2D eigenvalue weighted by atomic mass is 35.5. The van der Waals surface area contributed by atoms with Crippen molar-refractivity contribution in [3.8, 4) is 11.5 Å². The fourth-order valence-electron chi connectivity index (χ4n) is 2.14. The van der Waals surface area contributed by atoms with Gasteiger partial charge in [-0.25, -0.2) is 0 Å². The summed E-state index contributed by atoms with van der Waals surface area (Å²) in [5, 5.41) is 12.2. The van der Waals surface area contributed by atoms with E-state index in [-0.39, 0.29) is 0 Å². The predicted octanol–water partition coefficient (Wildman–Crippen LogP) is 4.22. The number of aryl methyl sites for hydroxylation is 2. The van der Waals surface area contributed by atoms with Crippen LogP contribution in [0.25, 0.3) is 0 Å². The van der Waals surface area contributed by atoms with Crippen LogP contribution in [0.3, 0.4) is 0 Å². The Kier molecular flexibility index (Phi) is 5.67. The van der Waals surface area contributed by atoms with Gasteiger partial charge in [-0.3, -0.25) is 0 Å². The molecule has 0 saturated heterocycles. The van der Waals surface area contributed by atoms with Gasteiger partial charge in [0.1, 0.15) is 24.7 Å². The van der Waals surface area contributed by atoms with Gasteiger partial charge in [0.25, 0.3) is 0 Å². The maximum Gasteiger partial charge on any atom is 0.128 e. The van der Waals surface area contributed by atoms with Crippen LogP contribution in [0, 0.1) is 13.8 Å². The molecule has 0 aromatic heterocycles. The highest BCUT2D eigenvalue weighted by Gasteiger charge is 2.05. The van der Waals surface area contributed by atoms with Crippen LogP contribution in [0.4, 0.5) is 0 Å². The molecule has 2 rings (SSSR count). The van der Waals surface area contributed by atoms with Crippen molar-refractivity contribution in [2.75, 3.05) is 13.2 Å². The number of oxime groups is 1. The van der Waals surface area contributed by atoms with Gasteiger partial charge in [0, 0.05) is 10.6 Å². The Balaban J connectivity index is 1.94. The number of rotatable bonds is 6. The van der Waals surface area contributed by atoms with Crippen LogP contribution < -0.4 is 9.47 Å². The molecule has 0 saturated carbocycles. The molecule has 0 fully saturated rings. The van der Waals surface area contributed by atoms with Gasteiger partial charge in [0.2, 0.25) is 0 Å². The van der Waals surface area contributed by atoms with Crippen molar-refractivity contribution in [1.82, 2.24) is 0 Å². The van der Waals surface area contributed by atoms with Gasteiger partial charge in [-0.2, -0.15) is 0 Å². The van der Waals surface area contributed by atoms with Crippen molar-refractivity contribution in [3.05, 3.63) is 58.1 Å². The molecule has 0 heterocycles. The Morgan fingerprint density at radius 2 is 1.77 bits per heavy atom. The number of hydrogen-bond acceptors (Lipinski definition) is 4. The van der Waals surface area contributed by atoms with E-state index in [1.165, 1.54) is 6.21 Å². The van der Waals surface area contributed by atoms with Gasteiger partial charge < -0.3 is 14.7 Å². The highest BCUT2D eigenvalue weighted by Crippen LogP contribution is 2.23. The van der Waals surface area contributed by atoms with E-state index in [0.29, 0.717) is 29.5 Å². The van der Waals surface area contributed by atoms with Crippen molar-refractivity contribution < 1.29 is 14.7 Å². The molecule has 0 spiro atoms. The molecule has 0 aliphatic heterocycles. The highest BCUT2D eigenvalue weighted by molar-refractivity contribution is 6.30. The molecule has 116 valence electrons. The minimum atomic E-state index is 0.377. The van der Waals surface area contributed by atoms with Gasteiger partial charge >= 0.3 is 0 Å². The topological polar surface area (TPSA) is 51.0 Å². The maximum atomic E-state index is 8.66. The minimum Gasteiger partial charge on any atom is -0.489 e. The van der Waals surface area contributed by atoms with E-state index in [1.807, 2.05) is 32.0 Å². The zero-order chi connectivity index (χ0) is 15.9. The fourth-order valence-corrected chi connectivity index (χ4v) is 2.32. The SMILES string of the molecule is Cc1cccc(C)c1OCCOc1ccc(Cl)cc1C=NO. The van der Waals surface area contributed by atoms with Crippen molar-refractivity contribution in [3.63, 3.8) is 0 Å². The second kappa shape index (κ2) is 7.71. The maximum absolute atomic E-state index is 8.66. The number of halogens is 1. The van der Waals surface area contributed by atoms with Crippen molar-refractivity contribution >= 4 is 17.8 Å². The first-order chi connectivity index (χ1) is 10.6. The van der Waals surface area contributed by atoms with E-state index in [9.17, 15) is 0 Å².